The third-order valence-electron chi connectivity index (χ3n) is 1.70. The number of ether oxygens (including phenoxy) is 1. The number of carbonyl (C=O) groups is 1. The highest BCUT2D eigenvalue weighted by Gasteiger charge is 2.21. The zero-order valence-corrected chi connectivity index (χ0v) is 9.87. The Morgan fingerprint density at radius 3 is 2.43 bits per heavy atom. The molecule has 0 aliphatic rings. The maximum Gasteiger partial charge on any atom is 0.338 e. The first-order chi connectivity index (χ1) is 6.55. The Morgan fingerprint density at radius 2 is 1.93 bits per heavy atom. The molecule has 0 unspecified atom stereocenters. The zero-order chi connectivity index (χ0) is 10.6. The lowest BCUT2D eigenvalue weighted by Gasteiger charge is -2.22. The minimum Gasteiger partial charge on any atom is -0.455 e. The maximum absolute atomic E-state index is 11.6. The fourth-order valence-electron chi connectivity index (χ4n) is 0.911. The van der Waals surface area contributed by atoms with E-state index in [0.717, 1.165) is 0 Å². The van der Waals surface area contributed by atoms with Gasteiger partial charge in [0.25, 0.3) is 0 Å². The van der Waals surface area contributed by atoms with Gasteiger partial charge in [0.05, 0.1) is 5.56 Å². The van der Waals surface area contributed by atoms with Crippen LogP contribution in [0.25, 0.3) is 0 Å². The molecule has 0 saturated heterocycles. The highest BCUT2D eigenvalue weighted by Crippen LogP contribution is 2.15. The van der Waals surface area contributed by atoms with Crippen molar-refractivity contribution in [3.8, 4) is 0 Å². The largest absolute Gasteiger partial charge is 0.455 e. The van der Waals surface area contributed by atoms with Gasteiger partial charge in [-0.25, -0.2) is 4.79 Å². The monoisotopic (exact) mass is 256 g/mol. The van der Waals surface area contributed by atoms with Gasteiger partial charge >= 0.3 is 5.97 Å². The fraction of sp³-hybridized carbons (Fsp3) is 0.364. The summed E-state index contributed by atoms with van der Waals surface area (Å²) in [5, 5.41) is 0.624. The van der Waals surface area contributed by atoms with E-state index in [1.807, 2.05) is 32.0 Å². The normalized spacial score (nSPS) is 11.1. The van der Waals surface area contributed by atoms with Gasteiger partial charge in [-0.2, -0.15) is 0 Å². The summed E-state index contributed by atoms with van der Waals surface area (Å²) in [6.07, 6.45) is 0. The lowest BCUT2D eigenvalue weighted by Crippen LogP contribution is -2.29. The fourth-order valence-corrected chi connectivity index (χ4v) is 1.03. The number of halogens is 1. The minimum absolute atomic E-state index is 0.282. The van der Waals surface area contributed by atoms with Gasteiger partial charge in [-0.1, -0.05) is 34.1 Å². The number of esters is 1. The summed E-state index contributed by atoms with van der Waals surface area (Å²) in [5.74, 6) is -0.282. The molecule has 0 aliphatic heterocycles. The third kappa shape index (κ3) is 3.14. The van der Waals surface area contributed by atoms with E-state index in [4.69, 9.17) is 4.74 Å². The molecule has 1 aromatic rings. The van der Waals surface area contributed by atoms with Gasteiger partial charge in [0.2, 0.25) is 0 Å². The van der Waals surface area contributed by atoms with E-state index in [2.05, 4.69) is 15.9 Å². The van der Waals surface area contributed by atoms with Crippen molar-refractivity contribution in [1.82, 2.24) is 0 Å². The summed E-state index contributed by atoms with van der Waals surface area (Å²) >= 11 is 3.29. The Labute approximate surface area is 92.4 Å². The number of rotatable bonds is 3. The van der Waals surface area contributed by atoms with E-state index in [1.165, 1.54) is 0 Å². The van der Waals surface area contributed by atoms with E-state index >= 15 is 0 Å². The first-order valence-corrected chi connectivity index (χ1v) is 5.52. The van der Waals surface area contributed by atoms with Crippen LogP contribution >= 0.6 is 15.9 Å². The van der Waals surface area contributed by atoms with Crippen molar-refractivity contribution >= 4 is 21.9 Å². The van der Waals surface area contributed by atoms with Crippen molar-refractivity contribution in [1.29, 1.82) is 0 Å². The highest BCUT2D eigenvalue weighted by atomic mass is 79.9. The van der Waals surface area contributed by atoms with Crippen LogP contribution in [0.4, 0.5) is 0 Å². The summed E-state index contributed by atoms with van der Waals surface area (Å²) in [4.78, 5) is 11.6. The summed E-state index contributed by atoms with van der Waals surface area (Å²) in [6.45, 7) is 3.73. The van der Waals surface area contributed by atoms with Crippen molar-refractivity contribution < 1.29 is 9.53 Å². The molecule has 0 atom stereocenters. The van der Waals surface area contributed by atoms with E-state index < -0.39 is 5.60 Å². The van der Waals surface area contributed by atoms with Gasteiger partial charge in [-0.15, -0.1) is 0 Å². The van der Waals surface area contributed by atoms with E-state index in [1.54, 1.807) is 12.1 Å². The number of alkyl halides is 1. The van der Waals surface area contributed by atoms with Crippen LogP contribution in [-0.4, -0.2) is 16.9 Å². The van der Waals surface area contributed by atoms with Gasteiger partial charge in [0, 0.05) is 5.33 Å². The quantitative estimate of drug-likeness (QED) is 0.614. The average Bonchev–Trinajstić information content (AvgIpc) is 2.19. The maximum atomic E-state index is 11.6. The predicted molar refractivity (Wildman–Crippen MR) is 59.7 cm³/mol. The molecular weight excluding hydrogens is 244 g/mol. The first-order valence-electron chi connectivity index (χ1n) is 4.39. The topological polar surface area (TPSA) is 26.3 Å². The molecule has 0 amide bonds. The van der Waals surface area contributed by atoms with Crippen LogP contribution in [0.5, 0.6) is 0 Å². The minimum atomic E-state index is -0.465. The van der Waals surface area contributed by atoms with Crippen molar-refractivity contribution in [2.24, 2.45) is 0 Å². The molecule has 0 heterocycles. The Hall–Kier alpha value is -0.830. The highest BCUT2D eigenvalue weighted by molar-refractivity contribution is 9.09. The number of carbonyl (C=O) groups excluding carboxylic acids is 1. The summed E-state index contributed by atoms with van der Waals surface area (Å²) in [7, 11) is 0. The van der Waals surface area contributed by atoms with Crippen LogP contribution in [0.1, 0.15) is 24.2 Å². The zero-order valence-electron chi connectivity index (χ0n) is 8.29. The Kier molecular flexibility index (Phi) is 3.69. The summed E-state index contributed by atoms with van der Waals surface area (Å²) < 4.78 is 5.29. The second-order valence-corrected chi connectivity index (χ2v) is 4.21. The lowest BCUT2D eigenvalue weighted by atomic mass is 10.2. The van der Waals surface area contributed by atoms with Crippen molar-refractivity contribution in [3.63, 3.8) is 0 Å². The number of hydrogen-bond donors (Lipinski definition) is 0. The standard InChI is InChI=1S/C11H13BrO2/c1-11(2,8-12)14-10(13)9-6-4-3-5-7-9/h3-7H,8H2,1-2H3. The smallest absolute Gasteiger partial charge is 0.338 e. The molecule has 0 radical (unpaired) electrons. The van der Waals surface area contributed by atoms with Crippen molar-refractivity contribution in [2.75, 3.05) is 5.33 Å². The first kappa shape index (κ1) is 11.2. The van der Waals surface area contributed by atoms with Crippen LogP contribution in [0.3, 0.4) is 0 Å². The molecule has 14 heavy (non-hydrogen) atoms. The molecular formula is C11H13BrO2. The summed E-state index contributed by atoms with van der Waals surface area (Å²) in [6, 6.07) is 8.99. The lowest BCUT2D eigenvalue weighted by molar-refractivity contribution is 0.00925. The molecule has 0 bridgehead atoms. The van der Waals surface area contributed by atoms with Crippen LogP contribution in [-0.2, 0) is 4.74 Å². The summed E-state index contributed by atoms with van der Waals surface area (Å²) in [5.41, 5.74) is 0.119. The second kappa shape index (κ2) is 4.60. The predicted octanol–water partition coefficient (Wildman–Crippen LogP) is 3.02. The average molecular weight is 257 g/mol. The molecule has 0 spiro atoms. The van der Waals surface area contributed by atoms with Crippen LogP contribution < -0.4 is 0 Å². The van der Waals surface area contributed by atoms with Gasteiger partial charge < -0.3 is 4.74 Å². The Morgan fingerprint density at radius 1 is 1.36 bits per heavy atom. The molecule has 76 valence electrons. The van der Waals surface area contributed by atoms with E-state index in [0.29, 0.717) is 10.9 Å². The molecule has 3 heteroatoms. The van der Waals surface area contributed by atoms with Gasteiger partial charge in [0.1, 0.15) is 5.60 Å². The van der Waals surface area contributed by atoms with Crippen LogP contribution in [0, 0.1) is 0 Å². The second-order valence-electron chi connectivity index (χ2n) is 3.65. The van der Waals surface area contributed by atoms with Gasteiger partial charge in [0.15, 0.2) is 0 Å². The van der Waals surface area contributed by atoms with E-state index in [9.17, 15) is 4.79 Å². The molecule has 0 aliphatic carbocycles. The molecule has 0 N–H and O–H groups in total. The van der Waals surface area contributed by atoms with Crippen molar-refractivity contribution in [2.45, 2.75) is 19.4 Å². The SMILES string of the molecule is CC(C)(CBr)OC(=O)c1ccccc1. The molecule has 0 fully saturated rings. The Bertz CT molecular complexity index is 306. The van der Waals surface area contributed by atoms with Crippen LogP contribution in [0.15, 0.2) is 30.3 Å². The van der Waals surface area contributed by atoms with Crippen molar-refractivity contribution in [3.05, 3.63) is 35.9 Å². The molecule has 0 aromatic heterocycles. The molecule has 1 rings (SSSR count). The van der Waals surface area contributed by atoms with E-state index in [-0.39, 0.29) is 5.97 Å². The molecule has 0 saturated carbocycles. The van der Waals surface area contributed by atoms with Crippen LogP contribution in [0.2, 0.25) is 0 Å². The number of hydrogen-bond acceptors (Lipinski definition) is 2. The Balaban J connectivity index is 2.69. The van der Waals surface area contributed by atoms with Gasteiger partial charge in [-0.3, -0.25) is 0 Å². The molecule has 2 nitrogen and oxygen atoms in total. The number of benzene rings is 1. The molecule has 1 aromatic carbocycles. The van der Waals surface area contributed by atoms with Gasteiger partial charge in [-0.05, 0) is 26.0 Å². The third-order valence-corrected chi connectivity index (χ3v) is 3.05.